The van der Waals surface area contributed by atoms with Crippen molar-refractivity contribution in [2.24, 2.45) is 29.6 Å². The molecule has 146 valence electrons. The Morgan fingerprint density at radius 1 is 1.07 bits per heavy atom. The number of ether oxygens (including phenoxy) is 1. The average molecular weight is 367 g/mol. The molecule has 0 atom stereocenters. The van der Waals surface area contributed by atoms with Crippen LogP contribution in [0.5, 0.6) is 0 Å². The zero-order valence-corrected chi connectivity index (χ0v) is 17.1. The molecule has 4 aliphatic rings. The molecular formula is C25H34O2. The zero-order valence-electron chi connectivity index (χ0n) is 17.1. The van der Waals surface area contributed by atoms with Crippen LogP contribution in [0.4, 0.5) is 0 Å². The third-order valence-electron chi connectivity index (χ3n) is 7.72. The van der Waals surface area contributed by atoms with Gasteiger partial charge >= 0.3 is 5.97 Å². The van der Waals surface area contributed by atoms with Gasteiger partial charge in [0, 0.05) is 5.57 Å². The summed E-state index contributed by atoms with van der Waals surface area (Å²) in [4.78, 5) is 13.2. The summed E-state index contributed by atoms with van der Waals surface area (Å²) in [6, 6.07) is 10.4. The minimum Gasteiger partial charge on any atom is -0.455 e. The van der Waals surface area contributed by atoms with Crippen LogP contribution in [0.15, 0.2) is 42.0 Å². The van der Waals surface area contributed by atoms with E-state index in [1.54, 1.807) is 0 Å². The Labute approximate surface area is 164 Å². The van der Waals surface area contributed by atoms with Gasteiger partial charge in [-0.05, 0) is 87.0 Å². The average Bonchev–Trinajstić information content (AvgIpc) is 2.65. The maximum absolute atomic E-state index is 13.2. The van der Waals surface area contributed by atoms with Gasteiger partial charge < -0.3 is 4.74 Å². The smallest absolute Gasteiger partial charge is 0.334 e. The number of aryl methyl sites for hydroxylation is 1. The number of allylic oxidation sites excluding steroid dienone is 1. The topological polar surface area (TPSA) is 26.3 Å². The van der Waals surface area contributed by atoms with Crippen molar-refractivity contribution in [3.05, 3.63) is 47.5 Å². The van der Waals surface area contributed by atoms with Gasteiger partial charge in [0.25, 0.3) is 0 Å². The monoisotopic (exact) mass is 366 g/mol. The number of carbonyl (C=O) groups excluding carboxylic acids is 1. The fraction of sp³-hybridized carbons (Fsp3) is 0.640. The Morgan fingerprint density at radius 2 is 1.67 bits per heavy atom. The lowest BCUT2D eigenvalue weighted by atomic mass is 9.47. The number of rotatable bonds is 6. The first-order valence-electron chi connectivity index (χ1n) is 10.9. The highest BCUT2D eigenvalue weighted by Gasteiger charge is 2.60. The van der Waals surface area contributed by atoms with Gasteiger partial charge in [0.2, 0.25) is 0 Å². The molecule has 0 unspecified atom stereocenters. The molecule has 2 nitrogen and oxygen atoms in total. The van der Waals surface area contributed by atoms with Crippen LogP contribution in [0, 0.1) is 29.6 Å². The highest BCUT2D eigenvalue weighted by molar-refractivity contribution is 5.88. The van der Waals surface area contributed by atoms with Gasteiger partial charge in [0.05, 0.1) is 0 Å². The fourth-order valence-electron chi connectivity index (χ4n) is 6.66. The van der Waals surface area contributed by atoms with Gasteiger partial charge in [-0.25, -0.2) is 4.79 Å². The SMILES string of the molecule is CC=C(CCc1ccccc1)C(=O)OC1(C(C)C)C2CC3CC(C2)CC1C3. The second-order valence-electron chi connectivity index (χ2n) is 9.50. The highest BCUT2D eigenvalue weighted by Crippen LogP contribution is 2.61. The third kappa shape index (κ3) is 3.37. The molecule has 1 aromatic carbocycles. The van der Waals surface area contributed by atoms with Gasteiger partial charge in [0.1, 0.15) is 5.60 Å². The van der Waals surface area contributed by atoms with E-state index < -0.39 is 0 Å². The van der Waals surface area contributed by atoms with Crippen molar-refractivity contribution < 1.29 is 9.53 Å². The second-order valence-corrected chi connectivity index (χ2v) is 9.50. The minimum atomic E-state index is -0.231. The second kappa shape index (κ2) is 7.45. The number of hydrogen-bond donors (Lipinski definition) is 0. The molecule has 0 saturated heterocycles. The molecule has 4 fully saturated rings. The van der Waals surface area contributed by atoms with E-state index in [0.717, 1.165) is 30.3 Å². The first-order chi connectivity index (χ1) is 13.0. The Balaban J connectivity index is 1.49. The maximum Gasteiger partial charge on any atom is 0.334 e. The third-order valence-corrected chi connectivity index (χ3v) is 7.72. The summed E-state index contributed by atoms with van der Waals surface area (Å²) in [5.74, 6) is 3.25. The van der Waals surface area contributed by atoms with Crippen LogP contribution in [0.3, 0.4) is 0 Å². The molecule has 4 saturated carbocycles. The van der Waals surface area contributed by atoms with E-state index in [-0.39, 0.29) is 11.6 Å². The molecular weight excluding hydrogens is 332 g/mol. The van der Waals surface area contributed by atoms with E-state index in [2.05, 4.69) is 38.1 Å². The van der Waals surface area contributed by atoms with Gasteiger partial charge in [-0.1, -0.05) is 50.3 Å². The summed E-state index contributed by atoms with van der Waals surface area (Å²) < 4.78 is 6.51. The van der Waals surface area contributed by atoms with Gasteiger partial charge in [0.15, 0.2) is 0 Å². The standard InChI is InChI=1S/C25H34O2/c1-4-21(11-10-18-8-6-5-7-9-18)24(26)27-25(17(2)3)22-13-19-12-20(15-22)16-23(25)14-19/h4-9,17,19-20,22-23H,10-16H2,1-3H3. The maximum atomic E-state index is 13.2. The summed E-state index contributed by atoms with van der Waals surface area (Å²) >= 11 is 0. The summed E-state index contributed by atoms with van der Waals surface area (Å²) in [6.07, 6.45) is 10.1. The van der Waals surface area contributed by atoms with Crippen molar-refractivity contribution in [2.45, 2.75) is 71.3 Å². The van der Waals surface area contributed by atoms with Crippen LogP contribution in [-0.4, -0.2) is 11.6 Å². The van der Waals surface area contributed by atoms with Crippen LogP contribution in [0.25, 0.3) is 0 Å². The quantitative estimate of drug-likeness (QED) is 0.459. The predicted molar refractivity (Wildman–Crippen MR) is 109 cm³/mol. The van der Waals surface area contributed by atoms with Crippen molar-refractivity contribution in [3.8, 4) is 0 Å². The first-order valence-corrected chi connectivity index (χ1v) is 10.9. The van der Waals surface area contributed by atoms with Crippen LogP contribution >= 0.6 is 0 Å². The van der Waals surface area contributed by atoms with Crippen molar-refractivity contribution in [3.63, 3.8) is 0 Å². The predicted octanol–water partition coefficient (Wildman–Crippen LogP) is 5.96. The van der Waals surface area contributed by atoms with E-state index in [4.69, 9.17) is 4.74 Å². The molecule has 0 spiro atoms. The van der Waals surface area contributed by atoms with Crippen LogP contribution < -0.4 is 0 Å². The first kappa shape index (κ1) is 18.8. The normalized spacial score (nSPS) is 34.9. The highest BCUT2D eigenvalue weighted by atomic mass is 16.6. The molecule has 4 aliphatic carbocycles. The van der Waals surface area contributed by atoms with E-state index in [1.165, 1.54) is 37.7 Å². The molecule has 1 aromatic rings. The van der Waals surface area contributed by atoms with E-state index in [0.29, 0.717) is 17.8 Å². The van der Waals surface area contributed by atoms with E-state index in [9.17, 15) is 4.79 Å². The minimum absolute atomic E-state index is 0.0606. The number of esters is 1. The molecule has 0 radical (unpaired) electrons. The number of carbonyl (C=O) groups is 1. The molecule has 0 amide bonds. The molecule has 5 rings (SSSR count). The summed E-state index contributed by atoms with van der Waals surface area (Å²) in [5.41, 5.74) is 1.89. The fourth-order valence-corrected chi connectivity index (χ4v) is 6.66. The van der Waals surface area contributed by atoms with Gasteiger partial charge in [-0.3, -0.25) is 0 Å². The van der Waals surface area contributed by atoms with Crippen molar-refractivity contribution >= 4 is 5.97 Å². The van der Waals surface area contributed by atoms with Crippen LogP contribution in [0.2, 0.25) is 0 Å². The van der Waals surface area contributed by atoms with E-state index in [1.807, 2.05) is 19.1 Å². The Morgan fingerprint density at radius 3 is 2.19 bits per heavy atom. The summed E-state index contributed by atoms with van der Waals surface area (Å²) in [5, 5.41) is 0. The van der Waals surface area contributed by atoms with Crippen molar-refractivity contribution in [1.82, 2.24) is 0 Å². The number of benzene rings is 1. The Hall–Kier alpha value is -1.57. The largest absolute Gasteiger partial charge is 0.455 e. The lowest BCUT2D eigenvalue weighted by Gasteiger charge is -2.61. The van der Waals surface area contributed by atoms with Crippen molar-refractivity contribution in [1.29, 1.82) is 0 Å². The molecule has 4 bridgehead atoms. The lowest BCUT2D eigenvalue weighted by Crippen LogP contribution is -2.62. The molecule has 0 heterocycles. The molecule has 0 aromatic heterocycles. The molecule has 2 heteroatoms. The van der Waals surface area contributed by atoms with Crippen molar-refractivity contribution in [2.75, 3.05) is 0 Å². The molecule has 0 aliphatic heterocycles. The number of hydrogen-bond acceptors (Lipinski definition) is 2. The summed E-state index contributed by atoms with van der Waals surface area (Å²) in [7, 11) is 0. The lowest BCUT2D eigenvalue weighted by molar-refractivity contribution is -0.221. The molecule has 27 heavy (non-hydrogen) atoms. The van der Waals surface area contributed by atoms with Crippen LogP contribution in [0.1, 0.15) is 64.9 Å². The Kier molecular flexibility index (Phi) is 5.18. The van der Waals surface area contributed by atoms with Crippen LogP contribution in [-0.2, 0) is 16.0 Å². The molecule has 0 N–H and O–H groups in total. The van der Waals surface area contributed by atoms with E-state index >= 15 is 0 Å². The summed E-state index contributed by atoms with van der Waals surface area (Å²) in [6.45, 7) is 6.52. The zero-order chi connectivity index (χ0) is 19.0. The van der Waals surface area contributed by atoms with Gasteiger partial charge in [-0.15, -0.1) is 0 Å². The van der Waals surface area contributed by atoms with Gasteiger partial charge in [-0.2, -0.15) is 0 Å². The Bertz CT molecular complexity index is 672.